The van der Waals surface area contributed by atoms with Crippen molar-refractivity contribution >= 4 is 5.82 Å². The van der Waals surface area contributed by atoms with E-state index in [1.165, 1.54) is 0 Å². The highest BCUT2D eigenvalue weighted by Gasteiger charge is 2.19. The molecule has 0 aliphatic carbocycles. The van der Waals surface area contributed by atoms with Crippen molar-refractivity contribution in [3.63, 3.8) is 0 Å². The van der Waals surface area contributed by atoms with Gasteiger partial charge in [0.1, 0.15) is 5.82 Å². The van der Waals surface area contributed by atoms with E-state index in [1.54, 1.807) is 12.4 Å². The van der Waals surface area contributed by atoms with Gasteiger partial charge in [-0.15, -0.1) is 0 Å². The Kier molecular flexibility index (Phi) is 3.60. The first-order chi connectivity index (χ1) is 9.72. The van der Waals surface area contributed by atoms with Gasteiger partial charge in [0, 0.05) is 42.8 Å². The first-order valence-corrected chi connectivity index (χ1v) is 6.85. The van der Waals surface area contributed by atoms with Crippen molar-refractivity contribution in [1.82, 2.24) is 15.0 Å². The summed E-state index contributed by atoms with van der Waals surface area (Å²) in [6, 6.07) is 5.89. The van der Waals surface area contributed by atoms with E-state index in [2.05, 4.69) is 21.8 Å². The van der Waals surface area contributed by atoms with Crippen LogP contribution in [0, 0.1) is 6.92 Å². The molecular formula is C15H18N4O. The van der Waals surface area contributed by atoms with E-state index < -0.39 is 0 Å². The Morgan fingerprint density at radius 2 is 2.05 bits per heavy atom. The Bertz CT molecular complexity index is 588. The maximum absolute atomic E-state index is 5.58. The normalized spacial score (nSPS) is 19.1. The Morgan fingerprint density at radius 1 is 1.25 bits per heavy atom. The highest BCUT2D eigenvalue weighted by Crippen LogP contribution is 2.21. The Balaban J connectivity index is 1.94. The van der Waals surface area contributed by atoms with Crippen molar-refractivity contribution in [1.29, 1.82) is 0 Å². The summed E-state index contributed by atoms with van der Waals surface area (Å²) in [6.07, 6.45) is 3.76. The maximum Gasteiger partial charge on any atom is 0.161 e. The smallest absolute Gasteiger partial charge is 0.161 e. The molecule has 104 valence electrons. The van der Waals surface area contributed by atoms with Gasteiger partial charge >= 0.3 is 0 Å². The third-order valence-corrected chi connectivity index (χ3v) is 3.34. The number of rotatable bonds is 2. The minimum atomic E-state index is 0.239. The highest BCUT2D eigenvalue weighted by atomic mass is 16.5. The average molecular weight is 270 g/mol. The van der Waals surface area contributed by atoms with Gasteiger partial charge in [-0.25, -0.2) is 9.97 Å². The molecule has 0 saturated carbocycles. The summed E-state index contributed by atoms with van der Waals surface area (Å²) >= 11 is 0. The summed E-state index contributed by atoms with van der Waals surface area (Å²) in [5.41, 5.74) is 1.97. The molecular weight excluding hydrogens is 252 g/mol. The van der Waals surface area contributed by atoms with E-state index in [-0.39, 0.29) is 6.10 Å². The third kappa shape index (κ3) is 2.77. The lowest BCUT2D eigenvalue weighted by atomic mass is 10.2. The molecule has 2 aromatic heterocycles. The van der Waals surface area contributed by atoms with Crippen LogP contribution >= 0.6 is 0 Å². The Hall–Kier alpha value is -2.01. The van der Waals surface area contributed by atoms with Gasteiger partial charge in [0.05, 0.1) is 12.7 Å². The number of anilines is 1. The predicted molar refractivity (Wildman–Crippen MR) is 77.6 cm³/mol. The molecule has 5 nitrogen and oxygen atoms in total. The molecule has 20 heavy (non-hydrogen) atoms. The van der Waals surface area contributed by atoms with Gasteiger partial charge in [0.25, 0.3) is 0 Å². The second-order valence-electron chi connectivity index (χ2n) is 5.05. The van der Waals surface area contributed by atoms with Crippen LogP contribution in [-0.4, -0.2) is 40.8 Å². The second kappa shape index (κ2) is 5.54. The number of nitrogens with zero attached hydrogens (tertiary/aromatic N) is 4. The summed E-state index contributed by atoms with van der Waals surface area (Å²) in [5, 5.41) is 0. The van der Waals surface area contributed by atoms with Crippen LogP contribution in [0.5, 0.6) is 0 Å². The van der Waals surface area contributed by atoms with E-state index in [0.717, 1.165) is 42.6 Å². The summed E-state index contributed by atoms with van der Waals surface area (Å²) in [7, 11) is 0. The molecule has 0 N–H and O–H groups in total. The zero-order chi connectivity index (χ0) is 13.9. The molecule has 3 heterocycles. The standard InChI is InChI=1S/C15H18N4O/c1-11-9-14(19-7-8-20-12(2)10-19)18-15(17-11)13-3-5-16-6-4-13/h3-6,9,12H,7-8,10H2,1-2H3/t12-/m0/s1. The lowest BCUT2D eigenvalue weighted by Crippen LogP contribution is -2.41. The van der Waals surface area contributed by atoms with Crippen LogP contribution < -0.4 is 4.90 Å². The molecule has 1 fully saturated rings. The van der Waals surface area contributed by atoms with E-state index in [1.807, 2.05) is 25.1 Å². The lowest BCUT2D eigenvalue weighted by molar-refractivity contribution is 0.0529. The molecule has 1 aliphatic heterocycles. The summed E-state index contributed by atoms with van der Waals surface area (Å²) in [6.45, 7) is 6.57. The van der Waals surface area contributed by atoms with Crippen molar-refractivity contribution in [3.05, 3.63) is 36.3 Å². The van der Waals surface area contributed by atoms with Crippen molar-refractivity contribution in [3.8, 4) is 11.4 Å². The number of aryl methyl sites for hydroxylation is 1. The quantitative estimate of drug-likeness (QED) is 0.836. The van der Waals surface area contributed by atoms with Crippen molar-refractivity contribution in [2.45, 2.75) is 20.0 Å². The van der Waals surface area contributed by atoms with Crippen LogP contribution in [0.4, 0.5) is 5.82 Å². The fourth-order valence-corrected chi connectivity index (χ4v) is 2.37. The molecule has 1 saturated heterocycles. The zero-order valence-corrected chi connectivity index (χ0v) is 11.8. The minimum absolute atomic E-state index is 0.239. The van der Waals surface area contributed by atoms with Gasteiger partial charge in [-0.05, 0) is 26.0 Å². The van der Waals surface area contributed by atoms with Crippen molar-refractivity contribution in [2.75, 3.05) is 24.6 Å². The SMILES string of the molecule is Cc1cc(N2CCO[C@@H](C)C2)nc(-c2ccncc2)n1. The summed E-state index contributed by atoms with van der Waals surface area (Å²) < 4.78 is 5.58. The number of hydrogen-bond acceptors (Lipinski definition) is 5. The average Bonchev–Trinajstić information content (AvgIpc) is 2.47. The van der Waals surface area contributed by atoms with Crippen LogP contribution in [0.1, 0.15) is 12.6 Å². The van der Waals surface area contributed by atoms with Gasteiger partial charge < -0.3 is 9.64 Å². The molecule has 0 radical (unpaired) electrons. The van der Waals surface area contributed by atoms with E-state index in [4.69, 9.17) is 9.72 Å². The van der Waals surface area contributed by atoms with Crippen molar-refractivity contribution < 1.29 is 4.74 Å². The summed E-state index contributed by atoms with van der Waals surface area (Å²) in [4.78, 5) is 15.5. The lowest BCUT2D eigenvalue weighted by Gasteiger charge is -2.32. The van der Waals surface area contributed by atoms with E-state index in [0.29, 0.717) is 0 Å². The van der Waals surface area contributed by atoms with E-state index >= 15 is 0 Å². The fourth-order valence-electron chi connectivity index (χ4n) is 2.37. The number of aromatic nitrogens is 3. The first kappa shape index (κ1) is 13.0. The zero-order valence-electron chi connectivity index (χ0n) is 11.8. The number of pyridine rings is 1. The topological polar surface area (TPSA) is 51.1 Å². The second-order valence-corrected chi connectivity index (χ2v) is 5.05. The van der Waals surface area contributed by atoms with Gasteiger partial charge in [0.2, 0.25) is 0 Å². The molecule has 0 unspecified atom stereocenters. The van der Waals surface area contributed by atoms with Crippen LogP contribution in [0.3, 0.4) is 0 Å². The minimum Gasteiger partial charge on any atom is -0.375 e. The highest BCUT2D eigenvalue weighted by molar-refractivity contribution is 5.57. The Morgan fingerprint density at radius 3 is 2.80 bits per heavy atom. The largest absolute Gasteiger partial charge is 0.375 e. The maximum atomic E-state index is 5.58. The molecule has 0 spiro atoms. The number of morpholine rings is 1. The number of ether oxygens (including phenoxy) is 1. The molecule has 0 bridgehead atoms. The molecule has 1 atom stereocenters. The van der Waals surface area contributed by atoms with Gasteiger partial charge in [-0.3, -0.25) is 4.98 Å². The van der Waals surface area contributed by atoms with Gasteiger partial charge in [0.15, 0.2) is 5.82 Å². The molecule has 0 amide bonds. The Labute approximate surface area is 118 Å². The molecule has 2 aromatic rings. The van der Waals surface area contributed by atoms with Crippen LogP contribution in [-0.2, 0) is 4.74 Å². The third-order valence-electron chi connectivity index (χ3n) is 3.34. The van der Waals surface area contributed by atoms with Crippen LogP contribution in [0.2, 0.25) is 0 Å². The summed E-state index contributed by atoms with van der Waals surface area (Å²) in [5.74, 6) is 1.72. The molecule has 5 heteroatoms. The first-order valence-electron chi connectivity index (χ1n) is 6.85. The molecule has 0 aromatic carbocycles. The number of hydrogen-bond donors (Lipinski definition) is 0. The molecule has 3 rings (SSSR count). The van der Waals surface area contributed by atoms with E-state index in [9.17, 15) is 0 Å². The molecule has 1 aliphatic rings. The van der Waals surface area contributed by atoms with Gasteiger partial charge in [-0.2, -0.15) is 0 Å². The fraction of sp³-hybridized carbons (Fsp3) is 0.400. The van der Waals surface area contributed by atoms with Gasteiger partial charge in [-0.1, -0.05) is 0 Å². The predicted octanol–water partition coefficient (Wildman–Crippen LogP) is 2.07. The monoisotopic (exact) mass is 270 g/mol. The van der Waals surface area contributed by atoms with Crippen LogP contribution in [0.15, 0.2) is 30.6 Å². The van der Waals surface area contributed by atoms with Crippen LogP contribution in [0.25, 0.3) is 11.4 Å². The van der Waals surface area contributed by atoms with Crippen molar-refractivity contribution in [2.24, 2.45) is 0 Å².